The van der Waals surface area contributed by atoms with Crippen LogP contribution in [0.3, 0.4) is 0 Å². The first-order valence-corrected chi connectivity index (χ1v) is 6.85. The Bertz CT molecular complexity index is 593. The van der Waals surface area contributed by atoms with Crippen LogP contribution in [0.1, 0.15) is 23.4 Å². The zero-order chi connectivity index (χ0) is 12.8. The maximum atomic E-state index is 10.8. The number of aliphatic hydroxyl groups is 1. The van der Waals surface area contributed by atoms with Gasteiger partial charge in [-0.05, 0) is 36.1 Å². The highest BCUT2D eigenvalue weighted by atomic mass is 79.9. The summed E-state index contributed by atoms with van der Waals surface area (Å²) in [6.07, 6.45) is 5.87. The third-order valence-corrected chi connectivity index (χ3v) is 4.19. The van der Waals surface area contributed by atoms with E-state index < -0.39 is 5.60 Å². The summed E-state index contributed by atoms with van der Waals surface area (Å²) >= 11 is 3.49. The Morgan fingerprint density at radius 1 is 1.39 bits per heavy atom. The van der Waals surface area contributed by atoms with Gasteiger partial charge in [0.15, 0.2) is 0 Å². The fraction of sp³-hybridized carbons (Fsp3) is 0.357. The van der Waals surface area contributed by atoms with Crippen molar-refractivity contribution in [3.8, 4) is 0 Å². The topological polar surface area (TPSA) is 38.0 Å². The molecule has 1 aliphatic rings. The van der Waals surface area contributed by atoms with Gasteiger partial charge < -0.3 is 9.67 Å². The van der Waals surface area contributed by atoms with Gasteiger partial charge in [0, 0.05) is 30.3 Å². The van der Waals surface area contributed by atoms with Gasteiger partial charge in [-0.3, -0.25) is 0 Å². The van der Waals surface area contributed by atoms with Gasteiger partial charge in [-0.2, -0.15) is 0 Å². The molecule has 0 saturated heterocycles. The number of hydrogen-bond donors (Lipinski definition) is 1. The second-order valence-electron chi connectivity index (χ2n) is 4.98. The minimum Gasteiger partial charge on any atom is -0.382 e. The van der Waals surface area contributed by atoms with E-state index in [2.05, 4.69) is 33.0 Å². The van der Waals surface area contributed by atoms with E-state index in [-0.39, 0.29) is 0 Å². The molecule has 0 saturated carbocycles. The lowest BCUT2D eigenvalue weighted by Gasteiger charge is -2.33. The van der Waals surface area contributed by atoms with Crippen molar-refractivity contribution in [2.45, 2.75) is 24.9 Å². The Balaban J connectivity index is 1.99. The number of hydrogen-bond acceptors (Lipinski definition) is 2. The van der Waals surface area contributed by atoms with Crippen LogP contribution >= 0.6 is 15.9 Å². The molecule has 0 bridgehead atoms. The standard InChI is InChI=1S/C14H15BrN2O/c1-17-7-6-16-13(17)14(18)5-4-10-8-12(15)3-2-11(10)9-14/h2-3,6-8,18H,4-5,9H2,1H3. The normalized spacial score (nSPS) is 22.8. The molecule has 0 amide bonds. The highest BCUT2D eigenvalue weighted by Crippen LogP contribution is 2.36. The van der Waals surface area contributed by atoms with Crippen LogP contribution in [0, 0.1) is 0 Å². The highest BCUT2D eigenvalue weighted by Gasteiger charge is 2.36. The Kier molecular flexibility index (Phi) is 2.79. The first-order valence-electron chi connectivity index (χ1n) is 6.06. The van der Waals surface area contributed by atoms with Crippen LogP contribution < -0.4 is 0 Å². The molecule has 0 radical (unpaired) electrons. The predicted molar refractivity (Wildman–Crippen MR) is 73.3 cm³/mol. The van der Waals surface area contributed by atoms with Crippen LogP contribution in [0.5, 0.6) is 0 Å². The second-order valence-corrected chi connectivity index (χ2v) is 5.90. The molecule has 2 aromatic rings. The molecule has 1 aromatic heterocycles. The van der Waals surface area contributed by atoms with Gasteiger partial charge in [-0.1, -0.05) is 22.0 Å². The van der Waals surface area contributed by atoms with Crippen LogP contribution in [-0.2, 0) is 25.5 Å². The minimum atomic E-state index is -0.834. The fourth-order valence-electron chi connectivity index (χ4n) is 2.75. The molecule has 1 N–H and O–H groups in total. The number of benzene rings is 1. The molecule has 0 fully saturated rings. The van der Waals surface area contributed by atoms with Crippen molar-refractivity contribution in [1.29, 1.82) is 0 Å². The van der Waals surface area contributed by atoms with Crippen molar-refractivity contribution in [2.75, 3.05) is 0 Å². The molecule has 1 atom stereocenters. The van der Waals surface area contributed by atoms with Gasteiger partial charge in [0.2, 0.25) is 0 Å². The maximum Gasteiger partial charge on any atom is 0.140 e. The molecule has 4 heteroatoms. The summed E-state index contributed by atoms with van der Waals surface area (Å²) in [5.74, 6) is 0.760. The Labute approximate surface area is 115 Å². The number of nitrogens with zero attached hydrogens (tertiary/aromatic N) is 2. The summed E-state index contributed by atoms with van der Waals surface area (Å²) < 4.78 is 3.01. The molecule has 3 nitrogen and oxygen atoms in total. The molecule has 1 unspecified atom stereocenters. The minimum absolute atomic E-state index is 0.639. The third kappa shape index (κ3) is 1.89. The van der Waals surface area contributed by atoms with Crippen molar-refractivity contribution in [3.63, 3.8) is 0 Å². The van der Waals surface area contributed by atoms with Crippen LogP contribution in [0.25, 0.3) is 0 Å². The maximum absolute atomic E-state index is 10.8. The molecule has 1 aromatic carbocycles. The lowest BCUT2D eigenvalue weighted by Crippen LogP contribution is -2.35. The number of aromatic nitrogens is 2. The van der Waals surface area contributed by atoms with E-state index in [0.717, 1.165) is 23.1 Å². The fourth-order valence-corrected chi connectivity index (χ4v) is 3.16. The molecule has 3 rings (SSSR count). The second kappa shape index (κ2) is 4.21. The van der Waals surface area contributed by atoms with Gasteiger partial charge in [0.25, 0.3) is 0 Å². The molecule has 18 heavy (non-hydrogen) atoms. The zero-order valence-electron chi connectivity index (χ0n) is 10.2. The number of halogens is 1. The van der Waals surface area contributed by atoms with E-state index in [1.165, 1.54) is 11.1 Å². The van der Waals surface area contributed by atoms with Gasteiger partial charge in [0.1, 0.15) is 11.4 Å². The smallest absolute Gasteiger partial charge is 0.140 e. The Morgan fingerprint density at radius 3 is 2.94 bits per heavy atom. The van der Waals surface area contributed by atoms with Gasteiger partial charge in [-0.15, -0.1) is 0 Å². The van der Waals surface area contributed by atoms with E-state index in [1.54, 1.807) is 6.20 Å². The van der Waals surface area contributed by atoms with E-state index in [1.807, 2.05) is 23.9 Å². The van der Waals surface area contributed by atoms with Gasteiger partial charge in [-0.25, -0.2) is 4.98 Å². The van der Waals surface area contributed by atoms with Crippen molar-refractivity contribution < 1.29 is 5.11 Å². The summed E-state index contributed by atoms with van der Waals surface area (Å²) in [7, 11) is 1.93. The summed E-state index contributed by atoms with van der Waals surface area (Å²) in [6.45, 7) is 0. The van der Waals surface area contributed by atoms with Crippen LogP contribution in [0.4, 0.5) is 0 Å². The third-order valence-electron chi connectivity index (χ3n) is 3.70. The van der Waals surface area contributed by atoms with E-state index in [9.17, 15) is 5.11 Å². The average molecular weight is 307 g/mol. The zero-order valence-corrected chi connectivity index (χ0v) is 11.8. The molecule has 1 heterocycles. The van der Waals surface area contributed by atoms with Crippen molar-refractivity contribution in [3.05, 3.63) is 52.0 Å². The molecule has 0 spiro atoms. The van der Waals surface area contributed by atoms with Gasteiger partial charge in [0.05, 0.1) is 0 Å². The van der Waals surface area contributed by atoms with E-state index in [4.69, 9.17) is 0 Å². The summed E-state index contributed by atoms with van der Waals surface area (Å²) in [4.78, 5) is 4.31. The predicted octanol–water partition coefficient (Wildman–Crippen LogP) is 2.56. The largest absolute Gasteiger partial charge is 0.382 e. The first kappa shape index (κ1) is 11.9. The SMILES string of the molecule is Cn1ccnc1C1(O)CCc2cc(Br)ccc2C1. The molecular formula is C14H15BrN2O. The molecule has 94 valence electrons. The number of rotatable bonds is 1. The van der Waals surface area contributed by atoms with Crippen molar-refractivity contribution in [1.82, 2.24) is 9.55 Å². The quantitative estimate of drug-likeness (QED) is 0.879. The van der Waals surface area contributed by atoms with Gasteiger partial charge >= 0.3 is 0 Å². The average Bonchev–Trinajstić information content (AvgIpc) is 2.77. The van der Waals surface area contributed by atoms with Crippen LogP contribution in [0.15, 0.2) is 35.1 Å². The number of imidazole rings is 1. The van der Waals surface area contributed by atoms with E-state index >= 15 is 0 Å². The lowest BCUT2D eigenvalue weighted by atomic mass is 9.80. The molecular weight excluding hydrogens is 292 g/mol. The van der Waals surface area contributed by atoms with E-state index in [0.29, 0.717) is 6.42 Å². The number of aryl methyl sites for hydroxylation is 2. The summed E-state index contributed by atoms with van der Waals surface area (Å²) in [5, 5.41) is 10.8. The summed E-state index contributed by atoms with van der Waals surface area (Å²) in [5.41, 5.74) is 1.71. The van der Waals surface area contributed by atoms with Crippen LogP contribution in [-0.4, -0.2) is 14.7 Å². The summed E-state index contributed by atoms with van der Waals surface area (Å²) in [6, 6.07) is 6.27. The van der Waals surface area contributed by atoms with Crippen molar-refractivity contribution >= 4 is 15.9 Å². The van der Waals surface area contributed by atoms with Crippen LogP contribution in [0.2, 0.25) is 0 Å². The lowest BCUT2D eigenvalue weighted by molar-refractivity contribution is 0.0109. The highest BCUT2D eigenvalue weighted by molar-refractivity contribution is 9.10. The Hall–Kier alpha value is -1.13. The molecule has 1 aliphatic carbocycles. The first-order chi connectivity index (χ1) is 8.58. The number of fused-ring (bicyclic) bond motifs is 1. The Morgan fingerprint density at radius 2 is 2.22 bits per heavy atom. The monoisotopic (exact) mass is 306 g/mol. The van der Waals surface area contributed by atoms with Crippen molar-refractivity contribution in [2.24, 2.45) is 7.05 Å². The molecule has 0 aliphatic heterocycles.